The van der Waals surface area contributed by atoms with Gasteiger partial charge < -0.3 is 16.8 Å². The number of carbonyl (C=O) groups excluding carboxylic acids is 1. The van der Waals surface area contributed by atoms with Crippen molar-refractivity contribution in [1.82, 2.24) is 0 Å². The molecule has 0 aromatic heterocycles. The molecule has 1 aromatic rings. The molecule has 0 bridgehead atoms. The van der Waals surface area contributed by atoms with Gasteiger partial charge in [0.25, 0.3) is 0 Å². The maximum absolute atomic E-state index is 10.6. The van der Waals surface area contributed by atoms with Gasteiger partial charge >= 0.3 is 0 Å². The molecule has 15 heavy (non-hydrogen) atoms. The Morgan fingerprint density at radius 1 is 1.60 bits per heavy atom. The molecule has 0 spiro atoms. The van der Waals surface area contributed by atoms with Crippen LogP contribution in [0.4, 0.5) is 5.69 Å². The van der Waals surface area contributed by atoms with Crippen molar-refractivity contribution in [3.05, 3.63) is 29.8 Å². The van der Waals surface area contributed by atoms with Gasteiger partial charge in [0, 0.05) is 12.2 Å². The van der Waals surface area contributed by atoms with Gasteiger partial charge in [0.15, 0.2) is 0 Å². The quantitative estimate of drug-likeness (QED) is 0.630. The maximum atomic E-state index is 10.6. The number of primary amides is 1. The van der Waals surface area contributed by atoms with Crippen molar-refractivity contribution >= 4 is 11.6 Å². The fourth-order valence-electron chi connectivity index (χ4n) is 1.03. The molecule has 78 valence electrons. The first-order valence-electron chi connectivity index (χ1n) is 4.42. The summed E-state index contributed by atoms with van der Waals surface area (Å²) in [6.45, 7) is 0.254. The molecule has 0 heterocycles. The predicted molar refractivity (Wildman–Crippen MR) is 56.8 cm³/mol. The third-order valence-electron chi connectivity index (χ3n) is 1.88. The van der Waals surface area contributed by atoms with Crippen LogP contribution < -0.4 is 16.8 Å². The van der Waals surface area contributed by atoms with Gasteiger partial charge in [-0.15, -0.1) is 0 Å². The SMILES string of the molecule is N#Cc1cccc(NCC(N)C(N)=O)c1. The second-order valence-corrected chi connectivity index (χ2v) is 3.08. The van der Waals surface area contributed by atoms with Crippen LogP contribution in [-0.2, 0) is 4.79 Å². The van der Waals surface area contributed by atoms with E-state index >= 15 is 0 Å². The van der Waals surface area contributed by atoms with Crippen molar-refractivity contribution in [3.8, 4) is 6.07 Å². The van der Waals surface area contributed by atoms with E-state index in [-0.39, 0.29) is 6.54 Å². The van der Waals surface area contributed by atoms with Gasteiger partial charge in [0.2, 0.25) is 5.91 Å². The highest BCUT2D eigenvalue weighted by Gasteiger charge is 2.07. The van der Waals surface area contributed by atoms with Crippen molar-refractivity contribution in [1.29, 1.82) is 5.26 Å². The standard InChI is InChI=1S/C10H12N4O/c11-5-7-2-1-3-8(4-7)14-6-9(12)10(13)15/h1-4,9,14H,6,12H2,(H2,13,15). The zero-order valence-corrected chi connectivity index (χ0v) is 8.10. The number of nitrogens with zero attached hydrogens (tertiary/aromatic N) is 1. The highest BCUT2D eigenvalue weighted by Crippen LogP contribution is 2.09. The summed E-state index contributed by atoms with van der Waals surface area (Å²) in [6, 6.07) is 8.19. The zero-order chi connectivity index (χ0) is 11.3. The first kappa shape index (κ1) is 11.0. The molecule has 1 aromatic carbocycles. The average Bonchev–Trinajstić information content (AvgIpc) is 2.26. The molecule has 0 fully saturated rings. The van der Waals surface area contributed by atoms with Crippen LogP contribution in [0.5, 0.6) is 0 Å². The Morgan fingerprint density at radius 3 is 2.93 bits per heavy atom. The number of benzene rings is 1. The van der Waals surface area contributed by atoms with E-state index in [2.05, 4.69) is 5.32 Å². The van der Waals surface area contributed by atoms with E-state index in [4.69, 9.17) is 16.7 Å². The molecule has 1 atom stereocenters. The summed E-state index contributed by atoms with van der Waals surface area (Å²) < 4.78 is 0. The molecule has 0 aliphatic carbocycles. The summed E-state index contributed by atoms with van der Waals surface area (Å²) in [5.41, 5.74) is 11.7. The van der Waals surface area contributed by atoms with E-state index in [1.807, 2.05) is 6.07 Å². The number of nitrogens with one attached hydrogen (secondary N) is 1. The molecule has 0 saturated carbocycles. The van der Waals surface area contributed by atoms with Crippen LogP contribution in [0.1, 0.15) is 5.56 Å². The van der Waals surface area contributed by atoms with Crippen molar-refractivity contribution in [2.45, 2.75) is 6.04 Å². The summed E-state index contributed by atoms with van der Waals surface area (Å²) in [5.74, 6) is -0.557. The van der Waals surface area contributed by atoms with Crippen molar-refractivity contribution in [2.75, 3.05) is 11.9 Å². The van der Waals surface area contributed by atoms with Crippen LogP contribution in [-0.4, -0.2) is 18.5 Å². The smallest absolute Gasteiger partial charge is 0.236 e. The molecule has 5 nitrogen and oxygen atoms in total. The van der Waals surface area contributed by atoms with E-state index in [1.165, 1.54) is 0 Å². The average molecular weight is 204 g/mol. The molecule has 1 amide bonds. The lowest BCUT2D eigenvalue weighted by atomic mass is 10.2. The van der Waals surface area contributed by atoms with Crippen LogP contribution in [0.15, 0.2) is 24.3 Å². The molecular formula is C10H12N4O. The molecule has 5 heteroatoms. The van der Waals surface area contributed by atoms with E-state index in [0.29, 0.717) is 5.56 Å². The van der Waals surface area contributed by atoms with Crippen LogP contribution in [0.2, 0.25) is 0 Å². The summed E-state index contributed by atoms with van der Waals surface area (Å²) in [5, 5.41) is 11.6. The lowest BCUT2D eigenvalue weighted by Crippen LogP contribution is -2.41. The lowest BCUT2D eigenvalue weighted by molar-refractivity contribution is -0.118. The highest BCUT2D eigenvalue weighted by molar-refractivity contribution is 5.80. The summed E-state index contributed by atoms with van der Waals surface area (Å²) in [7, 11) is 0. The molecule has 0 aliphatic heterocycles. The zero-order valence-electron chi connectivity index (χ0n) is 8.10. The third-order valence-corrected chi connectivity index (χ3v) is 1.88. The second-order valence-electron chi connectivity index (χ2n) is 3.08. The molecule has 1 unspecified atom stereocenters. The van der Waals surface area contributed by atoms with Gasteiger partial charge in [-0.2, -0.15) is 5.26 Å². The first-order valence-corrected chi connectivity index (χ1v) is 4.42. The Morgan fingerprint density at radius 2 is 2.33 bits per heavy atom. The van der Waals surface area contributed by atoms with Crippen molar-refractivity contribution in [2.24, 2.45) is 11.5 Å². The number of rotatable bonds is 4. The Balaban J connectivity index is 2.58. The van der Waals surface area contributed by atoms with Crippen molar-refractivity contribution in [3.63, 3.8) is 0 Å². The highest BCUT2D eigenvalue weighted by atomic mass is 16.1. The fraction of sp³-hybridized carbons (Fsp3) is 0.200. The first-order chi connectivity index (χ1) is 7.13. The Hall–Kier alpha value is -2.06. The number of hydrogen-bond donors (Lipinski definition) is 3. The maximum Gasteiger partial charge on any atom is 0.236 e. The molecule has 5 N–H and O–H groups in total. The second kappa shape index (κ2) is 4.98. The van der Waals surface area contributed by atoms with Crippen LogP contribution in [0.3, 0.4) is 0 Å². The molecule has 0 radical (unpaired) electrons. The minimum atomic E-state index is -0.726. The van der Waals surface area contributed by atoms with Crippen molar-refractivity contribution < 1.29 is 4.79 Å². The Labute approximate surface area is 87.7 Å². The number of nitriles is 1. The van der Waals surface area contributed by atoms with Gasteiger partial charge in [0.05, 0.1) is 11.6 Å². The van der Waals surface area contributed by atoms with E-state index in [1.54, 1.807) is 24.3 Å². The summed E-state index contributed by atoms with van der Waals surface area (Å²) >= 11 is 0. The molecule has 0 aliphatic rings. The predicted octanol–water partition coefficient (Wildman–Crippen LogP) is -0.217. The van der Waals surface area contributed by atoms with Gasteiger partial charge in [0.1, 0.15) is 6.04 Å². The summed E-state index contributed by atoms with van der Waals surface area (Å²) in [4.78, 5) is 10.6. The van der Waals surface area contributed by atoms with E-state index in [9.17, 15) is 4.79 Å². The van der Waals surface area contributed by atoms with Gasteiger partial charge in [-0.25, -0.2) is 0 Å². The number of carbonyl (C=O) groups is 1. The fourth-order valence-corrected chi connectivity index (χ4v) is 1.03. The van der Waals surface area contributed by atoms with Gasteiger partial charge in [-0.05, 0) is 18.2 Å². The minimum absolute atomic E-state index is 0.254. The summed E-state index contributed by atoms with van der Waals surface area (Å²) in [6.07, 6.45) is 0. The monoisotopic (exact) mass is 204 g/mol. The topological polar surface area (TPSA) is 105 Å². The third kappa shape index (κ3) is 3.29. The number of hydrogen-bond acceptors (Lipinski definition) is 4. The van der Waals surface area contributed by atoms with Crippen LogP contribution >= 0.6 is 0 Å². The molecule has 0 saturated heterocycles. The minimum Gasteiger partial charge on any atom is -0.383 e. The van der Waals surface area contributed by atoms with E-state index < -0.39 is 11.9 Å². The number of anilines is 1. The van der Waals surface area contributed by atoms with E-state index in [0.717, 1.165) is 5.69 Å². The molecule has 1 rings (SSSR count). The number of nitrogens with two attached hydrogens (primary N) is 2. The largest absolute Gasteiger partial charge is 0.383 e. The van der Waals surface area contributed by atoms with Gasteiger partial charge in [-0.1, -0.05) is 6.07 Å². The van der Waals surface area contributed by atoms with Crippen LogP contribution in [0, 0.1) is 11.3 Å². The van der Waals surface area contributed by atoms with Gasteiger partial charge in [-0.3, -0.25) is 4.79 Å². The molecular weight excluding hydrogens is 192 g/mol. The van der Waals surface area contributed by atoms with Crippen LogP contribution in [0.25, 0.3) is 0 Å². The normalized spacial score (nSPS) is 11.5. The Bertz CT molecular complexity index is 397. The number of amides is 1. The lowest BCUT2D eigenvalue weighted by Gasteiger charge is -2.10. The Kier molecular flexibility index (Phi) is 3.66.